The number of nitrogens with one attached hydrogen (secondary N) is 1. The van der Waals surface area contributed by atoms with Gasteiger partial charge in [-0.25, -0.2) is 0 Å². The van der Waals surface area contributed by atoms with Crippen LogP contribution >= 0.6 is 0 Å². The maximum absolute atomic E-state index is 9.63. The molecule has 2 fully saturated rings. The Morgan fingerprint density at radius 1 is 1.12 bits per heavy atom. The van der Waals surface area contributed by atoms with Crippen LogP contribution in [0.1, 0.15) is 57.8 Å². The maximum atomic E-state index is 9.63. The predicted octanol–water partition coefficient (Wildman–Crippen LogP) is 2.35. The van der Waals surface area contributed by atoms with Gasteiger partial charge in [-0.15, -0.1) is 0 Å². The highest BCUT2D eigenvalue weighted by molar-refractivity contribution is 5.00. The minimum atomic E-state index is -0.0793. The van der Waals surface area contributed by atoms with Gasteiger partial charge in [0.15, 0.2) is 0 Å². The average Bonchev–Trinajstić information content (AvgIpc) is 2.70. The van der Waals surface area contributed by atoms with Gasteiger partial charge in [-0.1, -0.05) is 32.1 Å². The van der Waals surface area contributed by atoms with Crippen LogP contribution in [0.5, 0.6) is 0 Å². The van der Waals surface area contributed by atoms with Crippen molar-refractivity contribution >= 4 is 0 Å². The molecule has 2 N–H and O–H groups in total. The second kappa shape index (κ2) is 5.84. The van der Waals surface area contributed by atoms with Gasteiger partial charge in [0.05, 0.1) is 18.6 Å². The molecule has 2 aliphatic rings. The molecular formula is C14H24N2O. The number of hydrogen-bond acceptors (Lipinski definition) is 3. The SMILES string of the molecule is N#CC1CCCCCC1NC1(CO)CCCC1. The second-order valence-electron chi connectivity index (χ2n) is 5.77. The summed E-state index contributed by atoms with van der Waals surface area (Å²) in [4.78, 5) is 0. The van der Waals surface area contributed by atoms with Crippen LogP contribution in [0, 0.1) is 17.2 Å². The quantitative estimate of drug-likeness (QED) is 0.740. The molecule has 0 aromatic carbocycles. The van der Waals surface area contributed by atoms with E-state index in [9.17, 15) is 10.4 Å². The van der Waals surface area contributed by atoms with Crippen molar-refractivity contribution in [1.82, 2.24) is 5.32 Å². The molecule has 2 rings (SSSR count). The average molecular weight is 236 g/mol. The molecule has 2 atom stereocenters. The summed E-state index contributed by atoms with van der Waals surface area (Å²) in [7, 11) is 0. The zero-order valence-corrected chi connectivity index (χ0v) is 10.6. The number of nitriles is 1. The van der Waals surface area contributed by atoms with Crippen LogP contribution in [0.15, 0.2) is 0 Å². The van der Waals surface area contributed by atoms with E-state index >= 15 is 0 Å². The first-order chi connectivity index (χ1) is 8.29. The monoisotopic (exact) mass is 236 g/mol. The lowest BCUT2D eigenvalue weighted by Crippen LogP contribution is -2.53. The molecule has 96 valence electrons. The first-order valence-electron chi connectivity index (χ1n) is 7.08. The lowest BCUT2D eigenvalue weighted by Gasteiger charge is -2.34. The largest absolute Gasteiger partial charge is 0.394 e. The Hall–Kier alpha value is -0.590. The molecule has 2 saturated carbocycles. The van der Waals surface area contributed by atoms with Crippen LogP contribution in [0.3, 0.4) is 0 Å². The highest BCUT2D eigenvalue weighted by Gasteiger charge is 2.37. The molecule has 2 unspecified atom stereocenters. The maximum Gasteiger partial charge on any atom is 0.0672 e. The lowest BCUT2D eigenvalue weighted by atomic mass is 9.90. The standard InChI is InChI=1S/C14H24N2O/c15-10-12-6-2-1-3-7-13(12)16-14(11-17)8-4-5-9-14/h12-13,16-17H,1-9,11H2. The van der Waals surface area contributed by atoms with Crippen molar-refractivity contribution in [3.63, 3.8) is 0 Å². The van der Waals surface area contributed by atoms with Crippen LogP contribution in [-0.4, -0.2) is 23.3 Å². The summed E-state index contributed by atoms with van der Waals surface area (Å²) in [5.74, 6) is 0.140. The van der Waals surface area contributed by atoms with Gasteiger partial charge < -0.3 is 10.4 Å². The molecule has 0 aliphatic heterocycles. The Morgan fingerprint density at radius 3 is 2.47 bits per heavy atom. The van der Waals surface area contributed by atoms with E-state index in [2.05, 4.69) is 11.4 Å². The molecule has 17 heavy (non-hydrogen) atoms. The predicted molar refractivity (Wildman–Crippen MR) is 67.4 cm³/mol. The first kappa shape index (κ1) is 12.9. The van der Waals surface area contributed by atoms with Crippen LogP contribution in [0.4, 0.5) is 0 Å². The fourth-order valence-corrected chi connectivity index (χ4v) is 3.43. The van der Waals surface area contributed by atoms with Crippen molar-refractivity contribution in [3.8, 4) is 6.07 Å². The highest BCUT2D eigenvalue weighted by Crippen LogP contribution is 2.32. The Labute approximate surface area is 104 Å². The van der Waals surface area contributed by atoms with E-state index in [1.54, 1.807) is 0 Å². The summed E-state index contributed by atoms with van der Waals surface area (Å²) < 4.78 is 0. The fourth-order valence-electron chi connectivity index (χ4n) is 3.43. The first-order valence-corrected chi connectivity index (χ1v) is 7.08. The van der Waals surface area contributed by atoms with Crippen LogP contribution in [0.2, 0.25) is 0 Å². The molecule has 0 amide bonds. The third-order valence-corrected chi connectivity index (χ3v) is 4.54. The van der Waals surface area contributed by atoms with E-state index in [0.717, 1.165) is 25.7 Å². The smallest absolute Gasteiger partial charge is 0.0672 e. The van der Waals surface area contributed by atoms with Crippen LogP contribution in [0.25, 0.3) is 0 Å². The molecule has 0 spiro atoms. The Kier molecular flexibility index (Phi) is 4.42. The molecule has 0 radical (unpaired) electrons. The van der Waals surface area contributed by atoms with E-state index in [4.69, 9.17) is 0 Å². The van der Waals surface area contributed by atoms with Gasteiger partial charge in [0.2, 0.25) is 0 Å². The number of nitrogens with zero attached hydrogens (tertiary/aromatic N) is 1. The topological polar surface area (TPSA) is 56.0 Å². The van der Waals surface area contributed by atoms with Gasteiger partial charge in [0, 0.05) is 11.6 Å². The van der Waals surface area contributed by atoms with Gasteiger partial charge in [0.25, 0.3) is 0 Å². The molecule has 3 heteroatoms. The number of aliphatic hydroxyl groups excluding tert-OH is 1. The zero-order valence-electron chi connectivity index (χ0n) is 10.6. The van der Waals surface area contributed by atoms with Crippen molar-refractivity contribution in [2.75, 3.05) is 6.61 Å². The third-order valence-electron chi connectivity index (χ3n) is 4.54. The van der Waals surface area contributed by atoms with E-state index in [0.29, 0.717) is 6.04 Å². The van der Waals surface area contributed by atoms with E-state index in [-0.39, 0.29) is 18.1 Å². The Morgan fingerprint density at radius 2 is 1.82 bits per heavy atom. The highest BCUT2D eigenvalue weighted by atomic mass is 16.3. The van der Waals surface area contributed by atoms with Gasteiger partial charge in [0.1, 0.15) is 0 Å². The van der Waals surface area contributed by atoms with Crippen molar-refractivity contribution in [3.05, 3.63) is 0 Å². The molecule has 2 aliphatic carbocycles. The second-order valence-corrected chi connectivity index (χ2v) is 5.77. The van der Waals surface area contributed by atoms with E-state index in [1.807, 2.05) is 0 Å². The number of rotatable bonds is 3. The minimum absolute atomic E-state index is 0.0793. The molecule has 0 bridgehead atoms. The minimum Gasteiger partial charge on any atom is -0.394 e. The summed E-state index contributed by atoms with van der Waals surface area (Å²) in [5, 5.41) is 22.5. The van der Waals surface area contributed by atoms with Crippen LogP contribution < -0.4 is 5.32 Å². The normalized spacial score (nSPS) is 32.9. The van der Waals surface area contributed by atoms with Crippen LogP contribution in [-0.2, 0) is 0 Å². The molecular weight excluding hydrogens is 212 g/mol. The van der Waals surface area contributed by atoms with Crippen molar-refractivity contribution in [2.45, 2.75) is 69.4 Å². The summed E-state index contributed by atoms with van der Waals surface area (Å²) in [5.41, 5.74) is -0.0793. The molecule has 0 saturated heterocycles. The molecule has 3 nitrogen and oxygen atoms in total. The van der Waals surface area contributed by atoms with Gasteiger partial charge in [-0.05, 0) is 25.7 Å². The van der Waals surface area contributed by atoms with Gasteiger partial charge >= 0.3 is 0 Å². The fraction of sp³-hybridized carbons (Fsp3) is 0.929. The summed E-state index contributed by atoms with van der Waals surface area (Å²) in [6.45, 7) is 0.224. The summed E-state index contributed by atoms with van der Waals surface area (Å²) in [6.07, 6.45) is 10.3. The zero-order chi connectivity index (χ0) is 12.1. The molecule has 0 aromatic heterocycles. The van der Waals surface area contributed by atoms with E-state index in [1.165, 1.54) is 32.1 Å². The van der Waals surface area contributed by atoms with Crippen molar-refractivity contribution in [1.29, 1.82) is 5.26 Å². The van der Waals surface area contributed by atoms with Gasteiger partial charge in [-0.2, -0.15) is 5.26 Å². The third kappa shape index (κ3) is 3.00. The summed E-state index contributed by atoms with van der Waals surface area (Å²) >= 11 is 0. The van der Waals surface area contributed by atoms with Crippen molar-refractivity contribution < 1.29 is 5.11 Å². The number of aliphatic hydroxyl groups is 1. The Balaban J connectivity index is 2.01. The Bertz CT molecular complexity index is 278. The molecule has 0 aromatic rings. The van der Waals surface area contributed by atoms with Gasteiger partial charge in [-0.3, -0.25) is 0 Å². The number of hydrogen-bond donors (Lipinski definition) is 2. The summed E-state index contributed by atoms with van der Waals surface area (Å²) in [6, 6.07) is 2.76. The van der Waals surface area contributed by atoms with Crippen molar-refractivity contribution in [2.24, 2.45) is 5.92 Å². The lowest BCUT2D eigenvalue weighted by molar-refractivity contribution is 0.140. The van der Waals surface area contributed by atoms with E-state index < -0.39 is 0 Å². The molecule has 0 heterocycles.